The molecule has 0 N–H and O–H groups in total. The predicted octanol–water partition coefficient (Wildman–Crippen LogP) is -1.11. The fourth-order valence-corrected chi connectivity index (χ4v) is 0.951. The molecule has 1 aliphatic rings. The van der Waals surface area contributed by atoms with Crippen molar-refractivity contribution >= 4 is 0 Å². The molecule has 3 heteroatoms. The van der Waals surface area contributed by atoms with Gasteiger partial charge in [-0.1, -0.05) is 6.42 Å². The largest absolute Gasteiger partial charge is 1.00 e. The maximum absolute atomic E-state index is 12.8. The van der Waals surface area contributed by atoms with Gasteiger partial charge < -0.3 is 5.32 Å². The second-order valence-corrected chi connectivity index (χ2v) is 2.62. The Morgan fingerprint density at radius 3 is 2.44 bits per heavy atom. The topological polar surface area (TPSA) is 14.1 Å². The van der Waals surface area contributed by atoms with Crippen molar-refractivity contribution in [1.29, 1.82) is 0 Å². The van der Waals surface area contributed by atoms with Crippen LogP contribution in [0.1, 0.15) is 19.8 Å². The molecule has 0 aliphatic carbocycles. The number of halogens is 1. The molecule has 1 saturated heterocycles. The third-order valence-electron chi connectivity index (χ3n) is 1.46. The first-order valence-electron chi connectivity index (χ1n) is 3.03. The van der Waals surface area contributed by atoms with Crippen LogP contribution < -0.4 is 58.2 Å². The molecule has 0 amide bonds. The molecule has 1 nitrogen and oxygen atoms in total. The van der Waals surface area contributed by atoms with Crippen molar-refractivity contribution in [1.82, 2.24) is 0 Å². The van der Waals surface area contributed by atoms with Gasteiger partial charge in [-0.15, -0.1) is 13.1 Å². The zero-order valence-electron chi connectivity index (χ0n) is 6.15. The minimum absolute atomic E-state index is 0. The van der Waals surface area contributed by atoms with Crippen molar-refractivity contribution in [3.63, 3.8) is 0 Å². The van der Waals surface area contributed by atoms with Crippen LogP contribution in [0.25, 0.3) is 5.32 Å². The second kappa shape index (κ2) is 4.55. The van der Waals surface area contributed by atoms with Gasteiger partial charge in [-0.25, -0.2) is 4.39 Å². The fraction of sp³-hybridized carbons (Fsp3) is 1.00. The van der Waals surface area contributed by atoms with E-state index >= 15 is 0 Å². The van der Waals surface area contributed by atoms with Crippen LogP contribution >= 0.6 is 0 Å². The van der Waals surface area contributed by atoms with Crippen LogP contribution in [-0.4, -0.2) is 18.8 Å². The van der Waals surface area contributed by atoms with Gasteiger partial charge in [-0.3, -0.25) is 0 Å². The first kappa shape index (κ1) is 10.7. The minimum Gasteiger partial charge on any atom is -0.660 e. The molecule has 48 valence electrons. The van der Waals surface area contributed by atoms with Crippen molar-refractivity contribution in [3.05, 3.63) is 5.32 Å². The van der Waals surface area contributed by atoms with Crippen LogP contribution in [0.15, 0.2) is 0 Å². The van der Waals surface area contributed by atoms with Gasteiger partial charge >= 0.3 is 58.2 Å². The zero-order chi connectivity index (χ0) is 6.04. The normalized spacial score (nSPS) is 35.3. The summed E-state index contributed by atoms with van der Waals surface area (Å²) in [5, 5.41) is 3.95. The van der Waals surface area contributed by atoms with E-state index in [1.165, 1.54) is 0 Å². The summed E-state index contributed by atoms with van der Waals surface area (Å²) in [4.78, 5) is 0. The first-order chi connectivity index (χ1) is 3.71. The summed E-state index contributed by atoms with van der Waals surface area (Å²) in [5.74, 6) is 0. The van der Waals surface area contributed by atoms with Crippen molar-refractivity contribution in [2.45, 2.75) is 25.4 Å². The SMILES string of the molecule is C[C@]1(F)CCC[N-]C1.[Rb+]. The molecule has 9 heavy (non-hydrogen) atoms. The predicted molar refractivity (Wildman–Crippen MR) is 31.8 cm³/mol. The number of rotatable bonds is 0. The molecule has 1 aliphatic heterocycles. The van der Waals surface area contributed by atoms with E-state index in [0.717, 1.165) is 13.0 Å². The van der Waals surface area contributed by atoms with Crippen LogP contribution in [0, 0.1) is 0 Å². The summed E-state index contributed by atoms with van der Waals surface area (Å²) >= 11 is 0. The van der Waals surface area contributed by atoms with Crippen molar-refractivity contribution in [3.8, 4) is 0 Å². The Morgan fingerprint density at radius 1 is 1.56 bits per heavy atom. The van der Waals surface area contributed by atoms with Crippen LogP contribution in [0.5, 0.6) is 0 Å². The first-order valence-corrected chi connectivity index (χ1v) is 3.03. The van der Waals surface area contributed by atoms with Gasteiger partial charge in [-0.05, 0) is 13.3 Å². The maximum atomic E-state index is 12.8. The smallest absolute Gasteiger partial charge is 0.660 e. The Kier molecular flexibility index (Phi) is 5.40. The molecule has 0 unspecified atom stereocenters. The van der Waals surface area contributed by atoms with Gasteiger partial charge in [0.25, 0.3) is 0 Å². The zero-order valence-corrected chi connectivity index (χ0v) is 11.1. The monoisotopic (exact) mass is 201 g/mol. The van der Waals surface area contributed by atoms with E-state index in [-0.39, 0.29) is 58.2 Å². The Balaban J connectivity index is 0.000000640. The average Bonchev–Trinajstić information content (AvgIpc) is 1.65. The van der Waals surface area contributed by atoms with E-state index in [1.54, 1.807) is 6.92 Å². The molecule has 0 aromatic rings. The standard InChI is InChI=1S/C6H11FN.Rb/c1-6(7)3-2-4-8-5-6;/h2-5H2,1H3;/q-1;+1/t6-;/m0./s1. The van der Waals surface area contributed by atoms with Crippen LogP contribution in [0.3, 0.4) is 0 Å². The molecular formula is C6H11FNRb. The molecule has 0 radical (unpaired) electrons. The fourth-order valence-electron chi connectivity index (χ4n) is 0.951. The van der Waals surface area contributed by atoms with E-state index in [2.05, 4.69) is 5.32 Å². The Hall–Kier alpha value is 1.70. The Morgan fingerprint density at radius 2 is 2.22 bits per heavy atom. The number of nitrogens with zero attached hydrogens (tertiary/aromatic N) is 1. The summed E-state index contributed by atoms with van der Waals surface area (Å²) in [6.45, 7) is 2.89. The van der Waals surface area contributed by atoms with Crippen molar-refractivity contribution < 1.29 is 62.6 Å². The Bertz CT molecular complexity index is 77.1. The summed E-state index contributed by atoms with van der Waals surface area (Å²) in [7, 11) is 0. The van der Waals surface area contributed by atoms with Crippen LogP contribution in [0.4, 0.5) is 4.39 Å². The molecule has 1 rings (SSSR count). The Labute approximate surface area is 105 Å². The number of hydrogen-bond acceptors (Lipinski definition) is 0. The summed E-state index contributed by atoms with van der Waals surface area (Å²) in [5.41, 5.74) is -0.988. The number of alkyl halides is 1. The number of piperidine rings is 1. The minimum atomic E-state index is -0.988. The van der Waals surface area contributed by atoms with Crippen molar-refractivity contribution in [2.75, 3.05) is 13.1 Å². The molecule has 1 atom stereocenters. The van der Waals surface area contributed by atoms with E-state index in [9.17, 15) is 4.39 Å². The molecule has 0 spiro atoms. The van der Waals surface area contributed by atoms with Gasteiger partial charge in [-0.2, -0.15) is 0 Å². The van der Waals surface area contributed by atoms with Gasteiger partial charge in [0.2, 0.25) is 0 Å². The van der Waals surface area contributed by atoms with Gasteiger partial charge in [0, 0.05) is 0 Å². The second-order valence-electron chi connectivity index (χ2n) is 2.62. The molecule has 0 aromatic heterocycles. The third-order valence-corrected chi connectivity index (χ3v) is 1.46. The molecule has 1 heterocycles. The molecular weight excluding hydrogens is 191 g/mol. The van der Waals surface area contributed by atoms with Crippen LogP contribution in [-0.2, 0) is 0 Å². The molecule has 0 bridgehead atoms. The molecule has 0 saturated carbocycles. The summed E-state index contributed by atoms with van der Waals surface area (Å²) < 4.78 is 12.8. The average molecular weight is 202 g/mol. The van der Waals surface area contributed by atoms with Crippen molar-refractivity contribution in [2.24, 2.45) is 0 Å². The summed E-state index contributed by atoms with van der Waals surface area (Å²) in [6, 6.07) is 0. The molecule has 0 aromatic carbocycles. The van der Waals surface area contributed by atoms with Crippen LogP contribution in [0.2, 0.25) is 0 Å². The summed E-state index contributed by atoms with van der Waals surface area (Å²) in [6.07, 6.45) is 1.61. The van der Waals surface area contributed by atoms with Gasteiger partial charge in [0.05, 0.1) is 5.67 Å². The molecule has 1 fully saturated rings. The van der Waals surface area contributed by atoms with E-state index in [1.807, 2.05) is 0 Å². The maximum Gasteiger partial charge on any atom is 1.00 e. The number of hydrogen-bond donors (Lipinski definition) is 0. The quantitative estimate of drug-likeness (QED) is 0.472. The van der Waals surface area contributed by atoms with E-state index < -0.39 is 5.67 Å². The van der Waals surface area contributed by atoms with E-state index in [4.69, 9.17) is 0 Å². The van der Waals surface area contributed by atoms with Gasteiger partial charge in [0.15, 0.2) is 0 Å². The third kappa shape index (κ3) is 4.20. The van der Waals surface area contributed by atoms with Gasteiger partial charge in [0.1, 0.15) is 0 Å². The van der Waals surface area contributed by atoms with E-state index in [0.29, 0.717) is 13.0 Å².